The van der Waals surface area contributed by atoms with E-state index in [1.165, 1.54) is 11.0 Å². The first-order chi connectivity index (χ1) is 19.9. The highest BCUT2D eigenvalue weighted by Gasteiger charge is 2.18. The van der Waals surface area contributed by atoms with Gasteiger partial charge in [-0.25, -0.2) is 0 Å². The van der Waals surface area contributed by atoms with Gasteiger partial charge >= 0.3 is 0 Å². The summed E-state index contributed by atoms with van der Waals surface area (Å²) in [6.45, 7) is 0.265. The molecule has 0 aliphatic carbocycles. The number of fused-ring (bicyclic) bond motifs is 4. The second-order valence-electron chi connectivity index (χ2n) is 9.62. The third-order valence-corrected chi connectivity index (χ3v) is 7.04. The molecule has 1 atom stereocenters. The molecule has 208 valence electrons. The van der Waals surface area contributed by atoms with Gasteiger partial charge in [0.2, 0.25) is 11.8 Å². The number of benzene rings is 2. The molecule has 0 fully saturated rings. The number of rotatable bonds is 7. The highest BCUT2D eigenvalue weighted by molar-refractivity contribution is 6.30. The summed E-state index contributed by atoms with van der Waals surface area (Å²) in [6.07, 6.45) is 8.16. The number of aromatic nitrogens is 5. The van der Waals surface area contributed by atoms with Gasteiger partial charge in [0.25, 0.3) is 0 Å². The first-order valence-electron chi connectivity index (χ1n) is 13.0. The lowest BCUT2D eigenvalue weighted by Crippen LogP contribution is -2.25. The lowest BCUT2D eigenvalue weighted by atomic mass is 9.97. The van der Waals surface area contributed by atoms with Crippen LogP contribution in [-0.2, 0) is 9.59 Å². The molecule has 4 aromatic rings. The van der Waals surface area contributed by atoms with Crippen LogP contribution in [0.3, 0.4) is 0 Å². The van der Waals surface area contributed by atoms with E-state index in [1.54, 1.807) is 48.7 Å². The topological polar surface area (TPSA) is 158 Å². The van der Waals surface area contributed by atoms with Crippen LogP contribution in [0.15, 0.2) is 66.6 Å². The Morgan fingerprint density at radius 2 is 2.05 bits per heavy atom. The number of tetrazole rings is 1. The predicted molar refractivity (Wildman–Crippen MR) is 154 cm³/mol. The maximum Gasteiger partial charge on any atom is 0.248 e. The van der Waals surface area contributed by atoms with Crippen LogP contribution < -0.4 is 16.4 Å². The Balaban J connectivity index is 1.44. The number of hydrogen-bond acceptors (Lipinski definition) is 8. The molecule has 2 bridgehead atoms. The van der Waals surface area contributed by atoms with Crippen LogP contribution >= 0.6 is 11.6 Å². The van der Waals surface area contributed by atoms with E-state index < -0.39 is 5.91 Å². The van der Waals surface area contributed by atoms with Gasteiger partial charge in [0.15, 0.2) is 0 Å². The summed E-state index contributed by atoms with van der Waals surface area (Å²) in [7, 11) is 0. The van der Waals surface area contributed by atoms with E-state index in [9.17, 15) is 14.4 Å². The van der Waals surface area contributed by atoms with Crippen LogP contribution in [0.1, 0.15) is 53.3 Å². The maximum atomic E-state index is 12.7. The third kappa shape index (κ3) is 6.71. The van der Waals surface area contributed by atoms with Crippen LogP contribution in [-0.4, -0.2) is 49.8 Å². The Kier molecular flexibility index (Phi) is 8.56. The fourth-order valence-corrected chi connectivity index (χ4v) is 4.93. The number of aldehydes is 1. The normalized spacial score (nSPS) is 15.7. The Bertz CT molecular complexity index is 1620. The lowest BCUT2D eigenvalue weighted by molar-refractivity contribution is -0.116. The van der Waals surface area contributed by atoms with Gasteiger partial charge in [-0.15, -0.1) is 5.10 Å². The molecular formula is C29H27ClN8O3. The van der Waals surface area contributed by atoms with E-state index in [-0.39, 0.29) is 18.5 Å². The zero-order chi connectivity index (χ0) is 28.8. The molecule has 41 heavy (non-hydrogen) atoms. The predicted octanol–water partition coefficient (Wildman–Crippen LogP) is 3.90. The summed E-state index contributed by atoms with van der Waals surface area (Å²) in [5.74, 6) is -0.715. The van der Waals surface area contributed by atoms with E-state index >= 15 is 0 Å². The van der Waals surface area contributed by atoms with E-state index in [2.05, 4.69) is 31.1 Å². The highest BCUT2D eigenvalue weighted by Crippen LogP contribution is 2.32. The third-order valence-electron chi connectivity index (χ3n) is 6.80. The smallest absolute Gasteiger partial charge is 0.248 e. The Morgan fingerprint density at radius 3 is 2.83 bits per heavy atom. The number of hydrogen-bond donors (Lipinski definition) is 3. The molecule has 1 aliphatic rings. The van der Waals surface area contributed by atoms with Crippen LogP contribution in [0.25, 0.3) is 22.9 Å². The fourth-order valence-electron chi connectivity index (χ4n) is 4.75. The van der Waals surface area contributed by atoms with E-state index in [1.807, 2.05) is 12.1 Å². The molecule has 12 heteroatoms. The van der Waals surface area contributed by atoms with E-state index in [0.717, 1.165) is 29.5 Å². The average molecular weight is 571 g/mol. The van der Waals surface area contributed by atoms with Crippen molar-refractivity contribution in [3.8, 4) is 16.8 Å². The molecule has 4 N–H and O–H groups in total. The molecule has 11 nitrogen and oxygen atoms in total. The van der Waals surface area contributed by atoms with Crippen LogP contribution in [0, 0.1) is 0 Å². The molecule has 0 saturated carbocycles. The second-order valence-corrected chi connectivity index (χ2v) is 10.1. The molecule has 0 radical (unpaired) electrons. The summed E-state index contributed by atoms with van der Waals surface area (Å²) in [5.41, 5.74) is 10.5. The number of halogens is 1. The van der Waals surface area contributed by atoms with Crippen LogP contribution in [0.2, 0.25) is 5.02 Å². The minimum Gasteiger partial charge on any atom is -0.366 e. The van der Waals surface area contributed by atoms with Crippen molar-refractivity contribution in [3.63, 3.8) is 0 Å². The molecule has 5 rings (SSSR count). The minimum atomic E-state index is -0.574. The molecular weight excluding hydrogens is 544 g/mol. The Morgan fingerprint density at radius 1 is 1.17 bits per heavy atom. The van der Waals surface area contributed by atoms with E-state index in [0.29, 0.717) is 52.4 Å². The summed E-state index contributed by atoms with van der Waals surface area (Å²) < 4.78 is 1.50. The van der Waals surface area contributed by atoms with Gasteiger partial charge in [0.05, 0.1) is 11.4 Å². The molecule has 0 unspecified atom stereocenters. The number of anilines is 1. The Hall–Kier alpha value is -4.74. The van der Waals surface area contributed by atoms with Gasteiger partial charge in [-0.05, 0) is 77.4 Å². The summed E-state index contributed by atoms with van der Waals surface area (Å²) in [5, 5.41) is 18.2. The van der Waals surface area contributed by atoms with E-state index in [4.69, 9.17) is 17.3 Å². The highest BCUT2D eigenvalue weighted by atomic mass is 35.5. The van der Waals surface area contributed by atoms with Gasteiger partial charge in [0, 0.05) is 58.2 Å². The molecule has 2 aromatic heterocycles. The largest absolute Gasteiger partial charge is 0.366 e. The lowest BCUT2D eigenvalue weighted by Gasteiger charge is -2.21. The molecule has 3 heterocycles. The second kappa shape index (κ2) is 12.6. The van der Waals surface area contributed by atoms with Gasteiger partial charge in [-0.2, -0.15) is 4.68 Å². The van der Waals surface area contributed by atoms with Crippen molar-refractivity contribution in [1.82, 2.24) is 30.5 Å². The monoisotopic (exact) mass is 570 g/mol. The molecule has 0 spiro atoms. The van der Waals surface area contributed by atoms with Crippen LogP contribution in [0.5, 0.6) is 0 Å². The number of pyridine rings is 1. The molecule has 1 aliphatic heterocycles. The summed E-state index contributed by atoms with van der Waals surface area (Å²) in [4.78, 5) is 41.2. The van der Waals surface area contributed by atoms with Crippen molar-refractivity contribution in [3.05, 3.63) is 88.5 Å². The quantitative estimate of drug-likeness (QED) is 0.223. The number of nitrogens with one attached hydrogen (secondary N) is 2. The average Bonchev–Trinajstić information content (AvgIpc) is 3.50. The Labute approximate surface area is 240 Å². The number of amides is 2. The van der Waals surface area contributed by atoms with Crippen LogP contribution in [0.4, 0.5) is 5.69 Å². The number of primary amides is 1. The number of carbonyl (C=O) groups excluding carboxylic acids is 3. The fraction of sp³-hybridized carbons (Fsp3) is 0.207. The van der Waals surface area contributed by atoms with Crippen molar-refractivity contribution >= 4 is 41.5 Å². The zero-order valence-electron chi connectivity index (χ0n) is 22.0. The van der Waals surface area contributed by atoms with Crippen molar-refractivity contribution in [2.24, 2.45) is 5.73 Å². The van der Waals surface area contributed by atoms with Crippen molar-refractivity contribution in [2.75, 3.05) is 11.9 Å². The first kappa shape index (κ1) is 27.8. The first-order valence-corrected chi connectivity index (χ1v) is 13.4. The van der Waals surface area contributed by atoms with Gasteiger partial charge < -0.3 is 16.4 Å². The van der Waals surface area contributed by atoms with Crippen molar-refractivity contribution in [1.29, 1.82) is 0 Å². The SMILES string of the molecule is NC(=O)c1ccc2c(c1)NC(=O)CCCC[C@H](NC/C(C=O)=C/c1cc(Cl)ccc1-n1cnnn1)c1cc-2ccn1. The number of nitrogens with two attached hydrogens (primary N) is 1. The number of carbonyl (C=O) groups is 3. The number of nitrogens with zero attached hydrogens (tertiary/aromatic N) is 5. The van der Waals surface area contributed by atoms with Crippen molar-refractivity contribution < 1.29 is 14.4 Å². The van der Waals surface area contributed by atoms with Gasteiger partial charge in [-0.3, -0.25) is 19.4 Å². The zero-order valence-corrected chi connectivity index (χ0v) is 22.7. The standard InChI is InChI=1S/C29H27ClN8O3/c30-22-6-8-27(38-17-34-36-37-38)21(12-22)11-18(16-39)15-33-24-3-1-2-4-28(40)35-25-14-20(29(31)41)5-7-23(25)19-9-10-32-26(24)13-19/h5-14,16-17,24,33H,1-4,15H2,(H2,31,41)(H,35,40)/b18-11-/t24-/m0/s1. The minimum absolute atomic E-state index is 0.140. The van der Waals surface area contributed by atoms with Gasteiger partial charge in [0.1, 0.15) is 12.6 Å². The molecule has 2 amide bonds. The molecule has 2 aromatic carbocycles. The maximum absolute atomic E-state index is 12.7. The van der Waals surface area contributed by atoms with Gasteiger partial charge in [-0.1, -0.05) is 24.1 Å². The molecule has 0 saturated heterocycles. The van der Waals surface area contributed by atoms with Crippen molar-refractivity contribution in [2.45, 2.75) is 31.7 Å². The summed E-state index contributed by atoms with van der Waals surface area (Å²) in [6, 6.07) is 13.9. The summed E-state index contributed by atoms with van der Waals surface area (Å²) >= 11 is 6.25.